The Kier molecular flexibility index (Phi) is 24.3. The number of hydrogen-bond donors (Lipinski definition) is 18. The lowest BCUT2D eigenvalue weighted by molar-refractivity contribution is -0.284. The van der Waals surface area contributed by atoms with Gasteiger partial charge in [-0.15, -0.1) is 23.5 Å². The van der Waals surface area contributed by atoms with Gasteiger partial charge in [-0.25, -0.2) is 4.79 Å². The molecule has 0 spiro atoms. The highest BCUT2D eigenvalue weighted by Gasteiger charge is 2.51. The van der Waals surface area contributed by atoms with Crippen molar-refractivity contribution in [3.05, 3.63) is 174 Å². The summed E-state index contributed by atoms with van der Waals surface area (Å²) in [7, 11) is 0. The Balaban J connectivity index is 1.01. The number of aliphatic hydroxyl groups excluding tert-OH is 4. The third-order valence-electron chi connectivity index (χ3n) is 19.8. The third kappa shape index (κ3) is 16.9. The van der Waals surface area contributed by atoms with Crippen LogP contribution in [0.4, 0.5) is 0 Å². The first kappa shape index (κ1) is 81.9. The third-order valence-corrected chi connectivity index (χ3v) is 22.8. The highest BCUT2D eigenvalue weighted by molar-refractivity contribution is 8.08. The number of nitrogens with zero attached hydrogens (tertiary/aromatic N) is 1. The van der Waals surface area contributed by atoms with E-state index in [2.05, 4.69) is 37.2 Å². The number of fused-ring (bicyclic) bond motifs is 14. The van der Waals surface area contributed by atoms with E-state index in [1.54, 1.807) is 0 Å². The zero-order valence-electron chi connectivity index (χ0n) is 60.9. The van der Waals surface area contributed by atoms with E-state index in [0.717, 1.165) is 127 Å². The smallest absolute Gasteiger partial charge is 0.330 e. The zero-order valence-corrected chi connectivity index (χ0v) is 64.0. The van der Waals surface area contributed by atoms with Crippen LogP contribution >= 0.6 is 46.7 Å². The minimum atomic E-state index is -2.50. The average Bonchev–Trinajstić information content (AvgIpc) is 1.56. The van der Waals surface area contributed by atoms with Gasteiger partial charge in [-0.3, -0.25) is 48.6 Å². The molecule has 1 unspecified atom stereocenters. The standard InChI is InChI=1S/C78H76Cl2N8O25S2/c1-4-6-16-114-67-68(115-17-7-5-2)76(106)88(75(67)105)62-34-10-13-47(94)51(24-34)109-40-21-36(20-38(91)27-40)57-71(101)85-58-37-25-52(110-49-14-8-32(18-43(49)79)19-45(69(99)83-57)82-74(62)104)63(96)53(26-37)111-50-15-11-35(23-44(50)80)66(113-78-60(81-31(3)90)65(98)64(97)54(30-89)112-78)61-73(103)86-59(77(107)108)42-28-39(92)29-48(95)55(42)41-22-33(9-12-46(41)93)56(70(100)87-61)84-72(58)102/h8-15,18,20-29,45,54,56-62,64-66,72,78,84,89,91-98,102H,4-7,16-17,19,30H2,1-3H3,(H,81,90)(H,82,104)(H,83,99)(H,85,101)(H,86,103)(H,87,100)(H,107,108)/t45-,54-,56-,57+,58-,59-,60-,61-,62-,64-,65-,66-,72?,78+/m1/s1. The van der Waals surface area contributed by atoms with Gasteiger partial charge in [0.05, 0.1) is 32.5 Å². The first-order chi connectivity index (χ1) is 54.9. The second-order valence-electron chi connectivity index (χ2n) is 27.8. The van der Waals surface area contributed by atoms with Crippen molar-refractivity contribution in [2.75, 3.05) is 18.1 Å². The second kappa shape index (κ2) is 34.1. The van der Waals surface area contributed by atoms with Gasteiger partial charge >= 0.3 is 5.97 Å². The van der Waals surface area contributed by atoms with Crippen LogP contribution in [0.5, 0.6) is 69.0 Å². The SMILES string of the molecule is CCCCSC1=C(SCCCC)C(=O)N([C@H]2C(=O)N[C@@H]3Cc4ccc(c(Cl)c4)Oc4cc5cc(c4O)Oc4ccc(cc4Cl)[C@@H](O[C@@H]4O[C@H](CO)[C@@H](O)[C@H](O)[C@H]4NC(C)=O)[C@H]4NC(=O)[C@H](NC(O)[C@@H]5NC(=O)[C@@H](NC3=O)c3cc(O)cc(c3)Oc3cc2ccc3O)c2ccc(O)c(c2)-c2c(O)cc(O)cc2[C@H](C(=O)O)NC4=O)C1=O. The predicted molar refractivity (Wildman–Crippen MR) is 410 cm³/mol. The summed E-state index contributed by atoms with van der Waals surface area (Å²) in [5.74, 6) is -17.1. The molecule has 115 heavy (non-hydrogen) atoms. The Morgan fingerprint density at radius 3 is 1.84 bits per heavy atom. The molecule has 8 amide bonds. The number of rotatable bonds is 14. The lowest BCUT2D eigenvalue weighted by Crippen LogP contribution is -2.65. The van der Waals surface area contributed by atoms with E-state index in [1.165, 1.54) is 36.4 Å². The topological polar surface area (TPSA) is 510 Å². The van der Waals surface area contributed by atoms with E-state index >= 15 is 33.6 Å². The number of phenols is 6. The summed E-state index contributed by atoms with van der Waals surface area (Å²) < 4.78 is 31.7. The number of aliphatic carboxylic acids is 1. The number of imide groups is 1. The van der Waals surface area contributed by atoms with Crippen LogP contribution < -0.4 is 51.4 Å². The number of hydrogen-bond acceptors (Lipinski definition) is 27. The number of carboxylic acids is 1. The summed E-state index contributed by atoms with van der Waals surface area (Å²) in [6.45, 7) is 3.91. The number of halogens is 2. The van der Waals surface area contributed by atoms with Crippen molar-refractivity contribution in [1.82, 2.24) is 42.1 Å². The molecule has 7 aromatic carbocycles. The molecule has 7 aromatic rings. The summed E-state index contributed by atoms with van der Waals surface area (Å²) >= 11 is 16.6. The molecular formula is C78H76Cl2N8O25S2. The molecule has 37 heteroatoms. The molecule has 0 aliphatic carbocycles. The van der Waals surface area contributed by atoms with Gasteiger partial charge in [-0.2, -0.15) is 0 Å². The number of ether oxygens (including phenoxy) is 5. The number of carboxylic acid groups (broad SMARTS) is 1. The number of carbonyl (C=O) groups is 9. The number of nitrogens with one attached hydrogen (secondary N) is 7. The van der Waals surface area contributed by atoms with Crippen molar-refractivity contribution < 1.29 is 123 Å². The highest BCUT2D eigenvalue weighted by atomic mass is 35.5. The largest absolute Gasteiger partial charge is 0.508 e. The summed E-state index contributed by atoms with van der Waals surface area (Å²) in [5.41, 5.74) is -2.83. The molecule has 15 rings (SSSR count). The van der Waals surface area contributed by atoms with Crippen LogP contribution in [0, 0.1) is 0 Å². The molecular weight excluding hydrogens is 1580 g/mol. The minimum Gasteiger partial charge on any atom is -0.508 e. The number of unbranched alkanes of at least 4 members (excludes halogenated alkanes) is 2. The number of aliphatic hydroxyl groups is 4. The van der Waals surface area contributed by atoms with Crippen LogP contribution in [0.1, 0.15) is 122 Å². The molecule has 0 saturated carbocycles. The van der Waals surface area contributed by atoms with E-state index in [-0.39, 0.29) is 65.5 Å². The molecule has 8 aliphatic heterocycles. The first-order valence-corrected chi connectivity index (χ1v) is 38.8. The number of benzene rings is 7. The minimum absolute atomic E-state index is 0.0794. The van der Waals surface area contributed by atoms with Crippen LogP contribution in [-0.2, 0) is 59.0 Å². The van der Waals surface area contributed by atoms with Gasteiger partial charge in [0, 0.05) is 42.2 Å². The second-order valence-corrected chi connectivity index (χ2v) is 30.8. The summed E-state index contributed by atoms with van der Waals surface area (Å²) in [4.78, 5) is 137. The van der Waals surface area contributed by atoms with Crippen molar-refractivity contribution in [1.29, 1.82) is 0 Å². The monoisotopic (exact) mass is 1660 g/mol. The average molecular weight is 1660 g/mol. The van der Waals surface area contributed by atoms with E-state index in [0.29, 0.717) is 24.3 Å². The Morgan fingerprint density at radius 1 is 0.583 bits per heavy atom. The Hall–Kier alpha value is -11.1. The predicted octanol–water partition coefficient (Wildman–Crippen LogP) is 6.43. The molecule has 8 aliphatic rings. The maximum absolute atomic E-state index is 16.2. The molecule has 1 saturated heterocycles. The number of phenolic OH excluding ortho intramolecular Hbond substituents is 6. The molecule has 0 aromatic heterocycles. The van der Waals surface area contributed by atoms with Crippen molar-refractivity contribution >= 4 is 100.0 Å². The number of amides is 8. The maximum Gasteiger partial charge on any atom is 0.330 e. The van der Waals surface area contributed by atoms with Gasteiger partial charge in [0.15, 0.2) is 35.3 Å². The summed E-state index contributed by atoms with van der Waals surface area (Å²) in [6.07, 6.45) is -10.1. The Labute approximate surface area is 671 Å². The fourth-order valence-corrected chi connectivity index (χ4v) is 17.1. The summed E-state index contributed by atoms with van der Waals surface area (Å²) in [6, 6.07) is 4.38. The zero-order chi connectivity index (χ0) is 82.3. The van der Waals surface area contributed by atoms with Crippen LogP contribution in [0.25, 0.3) is 11.1 Å². The van der Waals surface area contributed by atoms with Crippen LogP contribution in [0.3, 0.4) is 0 Å². The van der Waals surface area contributed by atoms with Gasteiger partial charge in [-0.1, -0.05) is 74.2 Å². The van der Waals surface area contributed by atoms with Gasteiger partial charge in [0.2, 0.25) is 41.2 Å². The molecule has 17 bridgehead atoms. The van der Waals surface area contributed by atoms with Crippen molar-refractivity contribution in [3.8, 4) is 80.1 Å². The molecule has 14 atom stereocenters. The normalized spacial score (nSPS) is 24.9. The van der Waals surface area contributed by atoms with E-state index in [9.17, 15) is 65.8 Å². The molecule has 0 radical (unpaired) electrons. The van der Waals surface area contributed by atoms with Crippen molar-refractivity contribution in [3.63, 3.8) is 0 Å². The lowest BCUT2D eigenvalue weighted by atomic mass is 9.89. The molecule has 8 heterocycles. The number of aromatic hydroxyl groups is 6. The van der Waals surface area contributed by atoms with Gasteiger partial charge in [0.25, 0.3) is 11.8 Å². The quantitative estimate of drug-likeness (QED) is 0.0412. The number of thioether (sulfide) groups is 2. The molecule has 18 N–H and O–H groups in total. The molecule has 1 fully saturated rings. The Morgan fingerprint density at radius 2 is 1.20 bits per heavy atom. The number of carbonyl (C=O) groups excluding carboxylic acids is 8. The molecule has 33 nitrogen and oxygen atoms in total. The Bertz CT molecular complexity index is 5100. The fraction of sp³-hybridized carbons (Fsp3) is 0.321. The maximum atomic E-state index is 16.2. The van der Waals surface area contributed by atoms with E-state index < -0.39 is 225 Å². The van der Waals surface area contributed by atoms with Crippen LogP contribution in [0.15, 0.2) is 125 Å². The fourth-order valence-electron chi connectivity index (χ4n) is 14.1. The highest BCUT2D eigenvalue weighted by Crippen LogP contribution is 2.50. The van der Waals surface area contributed by atoms with Crippen molar-refractivity contribution in [2.45, 2.75) is 138 Å². The van der Waals surface area contributed by atoms with Gasteiger partial charge in [0.1, 0.15) is 107 Å². The van der Waals surface area contributed by atoms with Gasteiger partial charge in [-0.05, 0) is 137 Å². The first-order valence-electron chi connectivity index (χ1n) is 36.1. The molecule has 604 valence electrons. The van der Waals surface area contributed by atoms with E-state index in [1.807, 2.05) is 13.8 Å². The lowest BCUT2D eigenvalue weighted by Gasteiger charge is -2.44. The van der Waals surface area contributed by atoms with E-state index in [4.69, 9.17) is 46.9 Å². The van der Waals surface area contributed by atoms with Crippen molar-refractivity contribution in [2.24, 2.45) is 0 Å². The van der Waals surface area contributed by atoms with Crippen LogP contribution in [0.2, 0.25) is 10.0 Å². The van der Waals surface area contributed by atoms with Crippen LogP contribution in [-0.4, -0.2) is 181 Å². The summed E-state index contributed by atoms with van der Waals surface area (Å²) in [5, 5.41) is 146. The van der Waals surface area contributed by atoms with Gasteiger partial charge < -0.3 is 112 Å².